The first-order valence-electron chi connectivity index (χ1n) is 6.94. The molecule has 0 bridgehead atoms. The van der Waals surface area contributed by atoms with Gasteiger partial charge in [-0.1, -0.05) is 12.1 Å². The van der Waals surface area contributed by atoms with Crippen LogP contribution in [0.15, 0.2) is 24.3 Å². The molecule has 1 unspecified atom stereocenters. The minimum atomic E-state index is -1.14. The molecule has 1 aromatic rings. The van der Waals surface area contributed by atoms with Gasteiger partial charge in [0.05, 0.1) is 11.5 Å². The molecule has 1 rings (SSSR count). The first-order chi connectivity index (χ1) is 11.3. The van der Waals surface area contributed by atoms with Crippen molar-refractivity contribution in [3.8, 4) is 0 Å². The van der Waals surface area contributed by atoms with Crippen LogP contribution in [0, 0.1) is 5.92 Å². The molecule has 2 N–H and O–H groups in total. The van der Waals surface area contributed by atoms with Gasteiger partial charge in [-0.15, -0.1) is 0 Å². The monoisotopic (exact) mass is 341 g/mol. The van der Waals surface area contributed by atoms with E-state index in [9.17, 15) is 23.7 Å². The van der Waals surface area contributed by atoms with Crippen LogP contribution in [0.4, 0.5) is 4.53 Å². The van der Waals surface area contributed by atoms with E-state index in [-0.39, 0.29) is 24.8 Å². The van der Waals surface area contributed by atoms with Gasteiger partial charge in [0, 0.05) is 17.9 Å². The first-order valence-corrected chi connectivity index (χ1v) is 6.94. The number of benzene rings is 1. The fourth-order valence-corrected chi connectivity index (χ4v) is 1.92. The number of carbonyl (C=O) groups is 4. The molecule has 24 heavy (non-hydrogen) atoms. The number of amides is 1. The molecular formula is C15H16FNO7. The van der Waals surface area contributed by atoms with Gasteiger partial charge < -0.3 is 9.94 Å². The number of aromatic carboxylic acids is 1. The molecule has 0 radical (unpaired) electrons. The van der Waals surface area contributed by atoms with Gasteiger partial charge in [-0.3, -0.25) is 14.5 Å². The molecule has 9 heteroatoms. The van der Waals surface area contributed by atoms with Crippen molar-refractivity contribution in [2.24, 2.45) is 5.92 Å². The van der Waals surface area contributed by atoms with Crippen LogP contribution in [-0.2, 0) is 30.6 Å². The van der Waals surface area contributed by atoms with Gasteiger partial charge in [0.1, 0.15) is 0 Å². The number of hydrogen-bond donors (Lipinski definition) is 2. The van der Waals surface area contributed by atoms with Crippen molar-refractivity contribution in [2.75, 3.05) is 0 Å². The van der Waals surface area contributed by atoms with Gasteiger partial charge in [-0.2, -0.15) is 5.48 Å². The second-order valence-electron chi connectivity index (χ2n) is 4.96. The molecule has 0 fully saturated rings. The van der Waals surface area contributed by atoms with Crippen molar-refractivity contribution in [3.63, 3.8) is 0 Å². The third-order valence-corrected chi connectivity index (χ3v) is 3.12. The number of rotatable bonds is 7. The van der Waals surface area contributed by atoms with Gasteiger partial charge >= 0.3 is 17.9 Å². The van der Waals surface area contributed by atoms with Crippen LogP contribution in [0.2, 0.25) is 0 Å². The summed E-state index contributed by atoms with van der Waals surface area (Å²) in [5.74, 6) is -4.54. The molecule has 0 saturated carbocycles. The zero-order valence-corrected chi connectivity index (χ0v) is 12.8. The van der Waals surface area contributed by atoms with Gasteiger partial charge in [0.15, 0.2) is 0 Å². The highest BCUT2D eigenvalue weighted by Crippen LogP contribution is 2.17. The maximum absolute atomic E-state index is 12.2. The predicted molar refractivity (Wildman–Crippen MR) is 76.9 cm³/mol. The topological polar surface area (TPSA) is 119 Å². The van der Waals surface area contributed by atoms with Crippen LogP contribution in [0.3, 0.4) is 0 Å². The minimum absolute atomic E-state index is 0.0451. The van der Waals surface area contributed by atoms with Crippen molar-refractivity contribution >= 4 is 23.8 Å². The van der Waals surface area contributed by atoms with Gasteiger partial charge in [-0.25, -0.2) is 9.59 Å². The number of nitrogens with one attached hydrogen (secondary N) is 1. The zero-order chi connectivity index (χ0) is 18.1. The summed E-state index contributed by atoms with van der Waals surface area (Å²) in [4.78, 5) is 51.7. The lowest BCUT2D eigenvalue weighted by atomic mass is 9.94. The Morgan fingerprint density at radius 2 is 1.83 bits per heavy atom. The number of carboxylic acid groups (broad SMARTS) is 1. The Morgan fingerprint density at radius 1 is 1.21 bits per heavy atom. The fourth-order valence-electron chi connectivity index (χ4n) is 1.92. The highest BCUT2D eigenvalue weighted by Gasteiger charge is 2.23. The molecule has 0 heterocycles. The molecule has 0 aliphatic heterocycles. The number of carboxylic acids is 1. The lowest BCUT2D eigenvalue weighted by Crippen LogP contribution is -2.27. The third-order valence-electron chi connectivity index (χ3n) is 3.12. The number of halogens is 1. The second kappa shape index (κ2) is 9.23. The van der Waals surface area contributed by atoms with Crippen LogP contribution in [0.25, 0.3) is 0 Å². The van der Waals surface area contributed by atoms with Crippen LogP contribution >= 0.6 is 0 Å². The number of hydroxylamine groups is 1. The summed E-state index contributed by atoms with van der Waals surface area (Å²) in [6.45, 7) is 1.10. The molecule has 0 aliphatic carbocycles. The molecule has 130 valence electrons. The quantitative estimate of drug-likeness (QED) is 0.718. The average Bonchev–Trinajstić information content (AvgIpc) is 2.56. The van der Waals surface area contributed by atoms with E-state index in [1.165, 1.54) is 24.3 Å². The SMILES string of the molecule is CC(=O)ONC(=O)CCC(Cc1ccc(C(=O)O)cc1)C(=O)OF. The van der Waals surface area contributed by atoms with E-state index in [1.54, 1.807) is 0 Å². The van der Waals surface area contributed by atoms with Gasteiger partial charge in [0.2, 0.25) is 0 Å². The second-order valence-corrected chi connectivity index (χ2v) is 4.96. The van der Waals surface area contributed by atoms with Crippen molar-refractivity contribution in [1.29, 1.82) is 0 Å². The predicted octanol–water partition coefficient (Wildman–Crippen LogP) is 1.35. The van der Waals surface area contributed by atoms with E-state index in [0.29, 0.717) is 5.56 Å². The molecule has 0 aliphatic rings. The van der Waals surface area contributed by atoms with E-state index in [4.69, 9.17) is 5.11 Å². The summed E-state index contributed by atoms with van der Waals surface area (Å²) in [6, 6.07) is 5.67. The Labute approximate surface area is 136 Å². The van der Waals surface area contributed by atoms with Crippen molar-refractivity contribution in [3.05, 3.63) is 35.4 Å². The highest BCUT2D eigenvalue weighted by atomic mass is 19.3. The van der Waals surface area contributed by atoms with E-state index < -0.39 is 29.7 Å². The van der Waals surface area contributed by atoms with Crippen LogP contribution in [0.5, 0.6) is 0 Å². The summed E-state index contributed by atoms with van der Waals surface area (Å²) in [5.41, 5.74) is 2.53. The lowest BCUT2D eigenvalue weighted by molar-refractivity contribution is -0.189. The van der Waals surface area contributed by atoms with Crippen LogP contribution in [-0.4, -0.2) is 28.9 Å². The standard InChI is InChI=1S/C15H16FNO7/c1-9(18)24-17-13(19)7-6-12(15(22)23-16)8-10-2-4-11(5-3-10)14(20)21/h2-5,12H,6-8H2,1H3,(H,17,19)(H,20,21). The number of hydrogen-bond acceptors (Lipinski definition) is 6. The summed E-state index contributed by atoms with van der Waals surface area (Å²) in [6.07, 6.45) is -0.180. The summed E-state index contributed by atoms with van der Waals surface area (Å²) in [5, 5.41) is 8.81. The Kier molecular flexibility index (Phi) is 7.34. The summed E-state index contributed by atoms with van der Waals surface area (Å²) in [7, 11) is 0. The first kappa shape index (κ1) is 19.1. The van der Waals surface area contributed by atoms with E-state index in [2.05, 4.69) is 9.78 Å². The summed E-state index contributed by atoms with van der Waals surface area (Å²) < 4.78 is 12.2. The fraction of sp³-hybridized carbons (Fsp3) is 0.333. The largest absolute Gasteiger partial charge is 0.478 e. The number of carbonyl (C=O) groups excluding carboxylic acids is 3. The molecule has 1 aromatic carbocycles. The molecule has 0 aromatic heterocycles. The lowest BCUT2D eigenvalue weighted by Gasteiger charge is -2.13. The van der Waals surface area contributed by atoms with E-state index in [1.807, 2.05) is 5.48 Å². The minimum Gasteiger partial charge on any atom is -0.478 e. The average molecular weight is 341 g/mol. The molecular weight excluding hydrogens is 325 g/mol. The third kappa shape index (κ3) is 6.42. The van der Waals surface area contributed by atoms with Crippen molar-refractivity contribution < 1.29 is 38.6 Å². The van der Waals surface area contributed by atoms with E-state index in [0.717, 1.165) is 6.92 Å². The van der Waals surface area contributed by atoms with Crippen LogP contribution < -0.4 is 5.48 Å². The Bertz CT molecular complexity index is 615. The Morgan fingerprint density at radius 3 is 2.33 bits per heavy atom. The smallest absolute Gasteiger partial charge is 0.352 e. The van der Waals surface area contributed by atoms with Crippen molar-refractivity contribution in [2.45, 2.75) is 26.2 Å². The maximum Gasteiger partial charge on any atom is 0.352 e. The molecule has 1 amide bonds. The normalized spacial score (nSPS) is 11.2. The molecule has 8 nitrogen and oxygen atoms in total. The van der Waals surface area contributed by atoms with Crippen molar-refractivity contribution in [1.82, 2.24) is 5.48 Å². The molecule has 1 atom stereocenters. The summed E-state index contributed by atoms with van der Waals surface area (Å²) >= 11 is 0. The highest BCUT2D eigenvalue weighted by molar-refractivity contribution is 5.87. The van der Waals surface area contributed by atoms with Crippen LogP contribution in [0.1, 0.15) is 35.7 Å². The van der Waals surface area contributed by atoms with Gasteiger partial charge in [-0.05, 0) is 30.5 Å². The van der Waals surface area contributed by atoms with Gasteiger partial charge in [0.25, 0.3) is 5.91 Å². The molecule has 0 spiro atoms. The van der Waals surface area contributed by atoms with E-state index >= 15 is 0 Å². The maximum atomic E-state index is 12.2. The molecule has 0 saturated heterocycles. The Balaban J connectivity index is 2.65. The zero-order valence-electron chi connectivity index (χ0n) is 12.8. The Hall–Kier alpha value is -2.97.